The van der Waals surface area contributed by atoms with Crippen molar-refractivity contribution in [2.45, 2.75) is 33.4 Å². The molecule has 0 spiro atoms. The van der Waals surface area contributed by atoms with Gasteiger partial charge < -0.3 is 14.2 Å². The van der Waals surface area contributed by atoms with Crippen molar-refractivity contribution in [3.8, 4) is 0 Å². The van der Waals surface area contributed by atoms with Crippen LogP contribution in [0.25, 0.3) is 0 Å². The summed E-state index contributed by atoms with van der Waals surface area (Å²) in [6, 6.07) is 2.01. The monoisotopic (exact) mass is 313 g/mol. The number of ether oxygens (including phenoxy) is 3. The van der Waals surface area contributed by atoms with E-state index in [1.165, 1.54) is 0 Å². The van der Waals surface area contributed by atoms with Crippen LogP contribution < -0.4 is 0 Å². The Labute approximate surface area is 134 Å². The molecule has 2 rings (SSSR count). The highest BCUT2D eigenvalue weighted by molar-refractivity contribution is 4.95. The van der Waals surface area contributed by atoms with E-state index in [2.05, 4.69) is 10.00 Å². The van der Waals surface area contributed by atoms with E-state index >= 15 is 0 Å². The van der Waals surface area contributed by atoms with Gasteiger partial charge in [-0.25, -0.2) is 0 Å². The van der Waals surface area contributed by atoms with Crippen molar-refractivity contribution in [1.29, 1.82) is 0 Å². The molecule has 0 N–H and O–H groups in total. The van der Waals surface area contributed by atoms with Crippen LogP contribution >= 0.6 is 0 Å². The molecule has 1 saturated heterocycles. The number of hydrogen-bond acceptors (Lipinski definition) is 5. The second kappa shape index (κ2) is 11.6. The molecule has 2 heterocycles. The Kier molecular flexibility index (Phi) is 10.1. The maximum absolute atomic E-state index is 5.93. The van der Waals surface area contributed by atoms with E-state index in [1.807, 2.05) is 37.7 Å². The molecule has 1 unspecified atom stereocenters. The van der Waals surface area contributed by atoms with Crippen LogP contribution in [0.15, 0.2) is 12.3 Å². The predicted molar refractivity (Wildman–Crippen MR) is 87.2 cm³/mol. The molecule has 0 saturated carbocycles. The van der Waals surface area contributed by atoms with E-state index in [-0.39, 0.29) is 6.10 Å². The summed E-state index contributed by atoms with van der Waals surface area (Å²) < 4.78 is 18.3. The second-order valence-corrected chi connectivity index (χ2v) is 5.08. The van der Waals surface area contributed by atoms with Crippen molar-refractivity contribution < 1.29 is 14.2 Å². The average Bonchev–Trinajstić information content (AvgIpc) is 2.95. The standard InChI is InChI=1S/C14H25N3O3.C2H6/c1-13-3-4-17(15-13)12-14(20-10-9-18-2)11-16-5-7-19-8-6-16;1-2/h3-4,14H,5-12H2,1-2H3;1-2H3. The molecule has 1 aromatic rings. The molecule has 22 heavy (non-hydrogen) atoms. The summed E-state index contributed by atoms with van der Waals surface area (Å²) in [6.07, 6.45) is 2.13. The van der Waals surface area contributed by atoms with Gasteiger partial charge in [0, 0.05) is 32.9 Å². The number of nitrogens with zero attached hydrogens (tertiary/aromatic N) is 3. The molecule has 1 atom stereocenters. The first-order chi connectivity index (χ1) is 10.8. The van der Waals surface area contributed by atoms with E-state index in [1.54, 1.807) is 7.11 Å². The lowest BCUT2D eigenvalue weighted by molar-refractivity contribution is -0.0315. The summed E-state index contributed by atoms with van der Waals surface area (Å²) in [5.74, 6) is 0. The molecule has 1 aromatic heterocycles. The third-order valence-corrected chi connectivity index (χ3v) is 3.37. The van der Waals surface area contributed by atoms with Crippen LogP contribution in [-0.2, 0) is 20.8 Å². The van der Waals surface area contributed by atoms with Crippen LogP contribution in [0.1, 0.15) is 19.5 Å². The molecule has 6 nitrogen and oxygen atoms in total. The third kappa shape index (κ3) is 7.35. The van der Waals surface area contributed by atoms with Crippen LogP contribution in [0.4, 0.5) is 0 Å². The molecule has 0 bridgehead atoms. The minimum atomic E-state index is 0.127. The molecule has 0 aliphatic carbocycles. The van der Waals surface area contributed by atoms with Gasteiger partial charge in [-0.15, -0.1) is 0 Å². The highest BCUT2D eigenvalue weighted by Crippen LogP contribution is 2.05. The van der Waals surface area contributed by atoms with Gasteiger partial charge in [-0.3, -0.25) is 9.58 Å². The Morgan fingerprint density at radius 2 is 1.95 bits per heavy atom. The molecular weight excluding hydrogens is 282 g/mol. The predicted octanol–water partition coefficient (Wildman–Crippen LogP) is 1.58. The van der Waals surface area contributed by atoms with Gasteiger partial charge in [0.05, 0.1) is 44.8 Å². The molecule has 1 aliphatic heterocycles. The third-order valence-electron chi connectivity index (χ3n) is 3.37. The first kappa shape index (κ1) is 19.1. The van der Waals surface area contributed by atoms with Crippen LogP contribution in [0.2, 0.25) is 0 Å². The fourth-order valence-corrected chi connectivity index (χ4v) is 2.31. The van der Waals surface area contributed by atoms with E-state index in [0.717, 1.165) is 45.1 Å². The lowest BCUT2D eigenvalue weighted by Gasteiger charge is -2.30. The Balaban J connectivity index is 0.00000116. The normalized spacial score (nSPS) is 16.9. The quantitative estimate of drug-likeness (QED) is 0.682. The van der Waals surface area contributed by atoms with Gasteiger partial charge in [-0.05, 0) is 13.0 Å². The first-order valence-electron chi connectivity index (χ1n) is 8.18. The largest absolute Gasteiger partial charge is 0.382 e. The molecule has 6 heteroatoms. The van der Waals surface area contributed by atoms with Gasteiger partial charge in [0.1, 0.15) is 0 Å². The lowest BCUT2D eigenvalue weighted by Crippen LogP contribution is -2.43. The summed E-state index contributed by atoms with van der Waals surface area (Å²) in [5, 5.41) is 4.43. The van der Waals surface area contributed by atoms with Crippen molar-refractivity contribution in [2.24, 2.45) is 0 Å². The molecule has 1 fully saturated rings. The van der Waals surface area contributed by atoms with Crippen molar-refractivity contribution in [2.75, 3.05) is 53.2 Å². The van der Waals surface area contributed by atoms with Crippen molar-refractivity contribution >= 4 is 0 Å². The zero-order valence-corrected chi connectivity index (χ0v) is 14.5. The maximum Gasteiger partial charge on any atom is 0.0898 e. The summed E-state index contributed by atoms with van der Waals surface area (Å²) in [6.45, 7) is 12.5. The van der Waals surface area contributed by atoms with E-state index in [4.69, 9.17) is 14.2 Å². The van der Waals surface area contributed by atoms with Crippen molar-refractivity contribution in [3.63, 3.8) is 0 Å². The maximum atomic E-state index is 5.93. The minimum Gasteiger partial charge on any atom is -0.382 e. The van der Waals surface area contributed by atoms with Gasteiger partial charge >= 0.3 is 0 Å². The highest BCUT2D eigenvalue weighted by Gasteiger charge is 2.18. The van der Waals surface area contributed by atoms with Crippen LogP contribution in [0.3, 0.4) is 0 Å². The van der Waals surface area contributed by atoms with Gasteiger partial charge in [0.15, 0.2) is 0 Å². The Bertz CT molecular complexity index is 378. The lowest BCUT2D eigenvalue weighted by atomic mass is 10.3. The fraction of sp³-hybridized carbons (Fsp3) is 0.812. The first-order valence-corrected chi connectivity index (χ1v) is 8.18. The average molecular weight is 313 g/mol. The number of aryl methyl sites for hydroxylation is 1. The number of morpholine rings is 1. The van der Waals surface area contributed by atoms with E-state index in [9.17, 15) is 0 Å². The fourth-order valence-electron chi connectivity index (χ4n) is 2.31. The summed E-state index contributed by atoms with van der Waals surface area (Å²) in [5.41, 5.74) is 1.03. The Morgan fingerprint density at radius 3 is 2.55 bits per heavy atom. The number of rotatable bonds is 8. The molecular formula is C16H31N3O3. The number of aromatic nitrogens is 2. The molecule has 0 amide bonds. The van der Waals surface area contributed by atoms with E-state index in [0.29, 0.717) is 13.2 Å². The number of methoxy groups -OCH3 is 1. The highest BCUT2D eigenvalue weighted by atomic mass is 16.5. The SMILES string of the molecule is CC.COCCOC(CN1CCOCC1)Cn1ccc(C)n1. The second-order valence-electron chi connectivity index (χ2n) is 5.08. The Hall–Kier alpha value is -0.950. The van der Waals surface area contributed by atoms with Crippen molar-refractivity contribution in [3.05, 3.63) is 18.0 Å². The zero-order valence-electron chi connectivity index (χ0n) is 14.5. The number of hydrogen-bond donors (Lipinski definition) is 0. The van der Waals surface area contributed by atoms with Crippen LogP contribution in [0, 0.1) is 6.92 Å². The summed E-state index contributed by atoms with van der Waals surface area (Å²) >= 11 is 0. The van der Waals surface area contributed by atoms with Gasteiger partial charge in [0.25, 0.3) is 0 Å². The van der Waals surface area contributed by atoms with Gasteiger partial charge in [0.2, 0.25) is 0 Å². The van der Waals surface area contributed by atoms with Crippen LogP contribution in [-0.4, -0.2) is 74.0 Å². The summed E-state index contributed by atoms with van der Waals surface area (Å²) in [7, 11) is 1.69. The topological polar surface area (TPSA) is 48.8 Å². The zero-order chi connectivity index (χ0) is 16.2. The molecule has 0 radical (unpaired) electrons. The molecule has 0 aromatic carbocycles. The van der Waals surface area contributed by atoms with Gasteiger partial charge in [-0.2, -0.15) is 5.10 Å². The van der Waals surface area contributed by atoms with Crippen LogP contribution in [0.5, 0.6) is 0 Å². The molecule has 128 valence electrons. The smallest absolute Gasteiger partial charge is 0.0898 e. The van der Waals surface area contributed by atoms with E-state index < -0.39 is 0 Å². The summed E-state index contributed by atoms with van der Waals surface area (Å²) in [4.78, 5) is 2.39. The van der Waals surface area contributed by atoms with Gasteiger partial charge in [-0.1, -0.05) is 13.8 Å². The Morgan fingerprint density at radius 1 is 1.23 bits per heavy atom. The molecule has 1 aliphatic rings. The van der Waals surface area contributed by atoms with Crippen molar-refractivity contribution in [1.82, 2.24) is 14.7 Å². The minimum absolute atomic E-state index is 0.127.